The molecule has 1 aromatic heterocycles. The summed E-state index contributed by atoms with van der Waals surface area (Å²) in [5.74, 6) is -1.44. The fourth-order valence-corrected chi connectivity index (χ4v) is 6.81. The van der Waals surface area contributed by atoms with Gasteiger partial charge in [0.05, 0.1) is 36.6 Å². The Labute approximate surface area is 272 Å². The molecule has 0 unspecified atom stereocenters. The Morgan fingerprint density at radius 2 is 2.02 bits per heavy atom. The average molecular weight is 669 g/mol. The van der Waals surface area contributed by atoms with Crippen molar-refractivity contribution in [2.45, 2.75) is 19.0 Å². The van der Waals surface area contributed by atoms with E-state index in [0.29, 0.717) is 72.9 Å². The van der Waals surface area contributed by atoms with Gasteiger partial charge in [-0.1, -0.05) is 17.7 Å². The van der Waals surface area contributed by atoms with Crippen molar-refractivity contribution in [3.63, 3.8) is 0 Å². The molecule has 3 aliphatic rings. The zero-order chi connectivity index (χ0) is 32.5. The number of ether oxygens (including phenoxy) is 2. The van der Waals surface area contributed by atoms with Gasteiger partial charge in [-0.25, -0.2) is 23.8 Å². The Hall–Kier alpha value is -4.53. The van der Waals surface area contributed by atoms with Crippen LogP contribution in [0.2, 0.25) is 5.02 Å². The number of methoxy groups -OCH3 is 1. The number of hydrogen-bond donors (Lipinski definition) is 2. The highest BCUT2D eigenvalue weighted by atomic mass is 35.5. The van der Waals surface area contributed by atoms with E-state index < -0.39 is 23.8 Å². The third-order valence-corrected chi connectivity index (χ3v) is 9.15. The van der Waals surface area contributed by atoms with Crippen molar-refractivity contribution in [1.82, 2.24) is 20.1 Å². The predicted molar refractivity (Wildman–Crippen MR) is 169 cm³/mol. The summed E-state index contributed by atoms with van der Waals surface area (Å²) < 4.78 is 24.9. The Bertz CT molecular complexity index is 1750. The number of fused-ring (bicyclic) bond motifs is 1. The van der Waals surface area contributed by atoms with Crippen LogP contribution in [0.1, 0.15) is 33.9 Å². The number of rotatable bonds is 9. The van der Waals surface area contributed by atoms with Gasteiger partial charge in [0, 0.05) is 60.6 Å². The molecule has 0 bridgehead atoms. The molecule has 4 heterocycles. The van der Waals surface area contributed by atoms with Gasteiger partial charge in [0.25, 0.3) is 0 Å². The first kappa shape index (κ1) is 31.5. The van der Waals surface area contributed by atoms with E-state index >= 15 is 0 Å². The van der Waals surface area contributed by atoms with Crippen LogP contribution in [0.25, 0.3) is 0 Å². The molecule has 6 rings (SSSR count). The second kappa shape index (κ2) is 13.1. The number of hydrogen-bond acceptors (Lipinski definition) is 10. The van der Waals surface area contributed by atoms with Gasteiger partial charge < -0.3 is 24.8 Å². The van der Waals surface area contributed by atoms with Crippen LogP contribution in [0.5, 0.6) is 5.75 Å². The van der Waals surface area contributed by atoms with E-state index in [-0.39, 0.29) is 28.2 Å². The van der Waals surface area contributed by atoms with E-state index in [2.05, 4.69) is 15.2 Å². The lowest BCUT2D eigenvalue weighted by Crippen LogP contribution is -2.53. The van der Waals surface area contributed by atoms with Crippen molar-refractivity contribution in [2.75, 3.05) is 51.3 Å². The van der Waals surface area contributed by atoms with Gasteiger partial charge in [0.15, 0.2) is 10.8 Å². The van der Waals surface area contributed by atoms with E-state index in [1.807, 2.05) is 5.38 Å². The summed E-state index contributed by atoms with van der Waals surface area (Å²) in [6.07, 6.45) is 1.65. The normalized spacial score (nSPS) is 19.9. The second-order valence-corrected chi connectivity index (χ2v) is 12.1. The number of aliphatic imine (C=N–C) groups is 1. The van der Waals surface area contributed by atoms with Gasteiger partial charge in [0.1, 0.15) is 17.6 Å². The Balaban J connectivity index is 1.29. The van der Waals surface area contributed by atoms with Gasteiger partial charge in [-0.15, -0.1) is 11.3 Å². The number of aromatic carboxylic acids is 1. The lowest BCUT2D eigenvalue weighted by Gasteiger charge is -2.38. The first-order chi connectivity index (χ1) is 22.2. The molecule has 2 N–H and O–H groups in total. The summed E-state index contributed by atoms with van der Waals surface area (Å²) in [7, 11) is 1.29. The number of benzene rings is 2. The van der Waals surface area contributed by atoms with E-state index in [9.17, 15) is 23.9 Å². The molecule has 46 heavy (non-hydrogen) atoms. The highest BCUT2D eigenvalue weighted by Gasteiger charge is 2.43. The number of carboxylic acid groups (broad SMARTS) is 1. The second-order valence-electron chi connectivity index (χ2n) is 10.8. The SMILES string of the molecule is CCOc1cc(C(=O)O)ccc1N1C[C@@H]2CN(CC3=C(C(=O)OC)[C@H](c4ccc(F)cc4Cl)N=C(c4nccs4)N3)CCN2C1=O. The molecule has 0 radical (unpaired) electrons. The number of carboxylic acids is 1. The minimum atomic E-state index is -1.09. The van der Waals surface area contributed by atoms with Crippen molar-refractivity contribution in [3.05, 3.63) is 86.2 Å². The third-order valence-electron chi connectivity index (χ3n) is 8.04. The number of nitrogens with one attached hydrogen (secondary N) is 1. The number of thiazole rings is 1. The lowest BCUT2D eigenvalue weighted by molar-refractivity contribution is -0.136. The number of halogens is 2. The minimum Gasteiger partial charge on any atom is -0.492 e. The number of carbonyl (C=O) groups excluding carboxylic acids is 2. The largest absolute Gasteiger partial charge is 0.492 e. The number of amides is 2. The van der Waals surface area contributed by atoms with Gasteiger partial charge in [-0.05, 0) is 37.3 Å². The number of piperazine rings is 1. The lowest BCUT2D eigenvalue weighted by atomic mass is 9.95. The average Bonchev–Trinajstić information content (AvgIpc) is 3.69. The Morgan fingerprint density at radius 1 is 1.20 bits per heavy atom. The molecule has 240 valence electrons. The highest BCUT2D eigenvalue weighted by Crippen LogP contribution is 2.38. The van der Waals surface area contributed by atoms with E-state index in [1.54, 1.807) is 29.0 Å². The molecule has 0 saturated carbocycles. The van der Waals surface area contributed by atoms with E-state index in [0.717, 1.165) is 0 Å². The summed E-state index contributed by atoms with van der Waals surface area (Å²) in [5.41, 5.74) is 1.79. The Morgan fingerprint density at radius 3 is 2.72 bits per heavy atom. The molecule has 0 aliphatic carbocycles. The summed E-state index contributed by atoms with van der Waals surface area (Å²) >= 11 is 7.85. The van der Waals surface area contributed by atoms with Crippen LogP contribution in [-0.2, 0) is 9.53 Å². The van der Waals surface area contributed by atoms with Crippen molar-refractivity contribution >= 4 is 52.4 Å². The molecular formula is C31H30ClFN6O6S. The molecule has 3 aliphatic heterocycles. The zero-order valence-corrected chi connectivity index (χ0v) is 26.5. The van der Waals surface area contributed by atoms with Crippen LogP contribution in [0.3, 0.4) is 0 Å². The number of esters is 1. The summed E-state index contributed by atoms with van der Waals surface area (Å²) in [6, 6.07) is 7.18. The molecule has 2 amide bonds. The fraction of sp³-hybridized carbons (Fsp3) is 0.323. The molecule has 2 aromatic carbocycles. The zero-order valence-electron chi connectivity index (χ0n) is 24.9. The van der Waals surface area contributed by atoms with Crippen LogP contribution in [-0.4, -0.2) is 96.2 Å². The Kier molecular flexibility index (Phi) is 8.93. The maximum atomic E-state index is 14.0. The number of nitrogens with zero attached hydrogens (tertiary/aromatic N) is 5. The monoisotopic (exact) mass is 668 g/mol. The maximum Gasteiger partial charge on any atom is 0.338 e. The molecule has 15 heteroatoms. The smallest absolute Gasteiger partial charge is 0.338 e. The maximum absolute atomic E-state index is 14.0. The molecule has 2 atom stereocenters. The number of anilines is 1. The van der Waals surface area contributed by atoms with Crippen molar-refractivity contribution in [1.29, 1.82) is 0 Å². The van der Waals surface area contributed by atoms with Crippen molar-refractivity contribution < 1.29 is 33.4 Å². The third kappa shape index (κ3) is 6.02. The molecular weight excluding hydrogens is 639 g/mol. The summed E-state index contributed by atoms with van der Waals surface area (Å²) in [6.45, 7) is 4.18. The van der Waals surface area contributed by atoms with Crippen LogP contribution in [0.15, 0.2) is 64.2 Å². The van der Waals surface area contributed by atoms with Crippen LogP contribution in [0.4, 0.5) is 14.9 Å². The molecule has 3 aromatic rings. The highest BCUT2D eigenvalue weighted by molar-refractivity contribution is 7.11. The summed E-state index contributed by atoms with van der Waals surface area (Å²) in [5, 5.41) is 15.3. The van der Waals surface area contributed by atoms with Crippen molar-refractivity contribution in [3.8, 4) is 5.75 Å². The topological polar surface area (TPSA) is 137 Å². The van der Waals surface area contributed by atoms with Crippen LogP contribution >= 0.6 is 22.9 Å². The number of urea groups is 1. The van der Waals surface area contributed by atoms with E-state index in [1.165, 1.54) is 48.8 Å². The standard InChI is InChI=1S/C31H30ClFN6O6S/c1-3-45-24-12-17(29(40)41)4-7-23(24)39-15-19-14-37(9-10-38(19)31(39)43)16-22-25(30(42)44-2)26(20-6-5-18(33)13-21(20)32)36-27(35-22)28-34-8-11-46-28/h4-8,11-13,19,26H,3,9-10,14-16H2,1-2H3,(H,35,36)(H,40,41)/t19-,26-/m0/s1. The predicted octanol–water partition coefficient (Wildman–Crippen LogP) is 4.18. The minimum absolute atomic E-state index is 0.0679. The number of aromatic nitrogens is 1. The van der Waals surface area contributed by atoms with Crippen molar-refractivity contribution in [2.24, 2.45) is 4.99 Å². The summed E-state index contributed by atoms with van der Waals surface area (Å²) in [4.78, 5) is 53.1. The van der Waals surface area contributed by atoms with Crippen LogP contribution < -0.4 is 15.0 Å². The first-order valence-electron chi connectivity index (χ1n) is 14.5. The quantitative estimate of drug-likeness (QED) is 0.322. The first-order valence-corrected chi connectivity index (χ1v) is 15.8. The van der Waals surface area contributed by atoms with E-state index in [4.69, 9.17) is 26.1 Å². The number of carbonyl (C=O) groups is 3. The van der Waals surface area contributed by atoms with Gasteiger partial charge in [-0.2, -0.15) is 0 Å². The van der Waals surface area contributed by atoms with Gasteiger partial charge in [0.2, 0.25) is 0 Å². The van der Waals surface area contributed by atoms with Gasteiger partial charge >= 0.3 is 18.0 Å². The van der Waals surface area contributed by atoms with Gasteiger partial charge in [-0.3, -0.25) is 14.8 Å². The fourth-order valence-electron chi connectivity index (χ4n) is 5.95. The molecule has 12 nitrogen and oxygen atoms in total. The molecule has 0 spiro atoms. The molecule has 2 saturated heterocycles. The number of amidine groups is 1. The van der Waals surface area contributed by atoms with Crippen LogP contribution in [0, 0.1) is 5.82 Å². The molecule has 2 fully saturated rings.